The van der Waals surface area contributed by atoms with E-state index >= 15 is 0 Å². The van der Waals surface area contributed by atoms with Gasteiger partial charge in [0, 0.05) is 32.2 Å². The summed E-state index contributed by atoms with van der Waals surface area (Å²) in [5.41, 5.74) is 2.62. The van der Waals surface area contributed by atoms with Crippen molar-refractivity contribution in [2.45, 2.75) is 19.9 Å². The van der Waals surface area contributed by atoms with Gasteiger partial charge in [0.15, 0.2) is 0 Å². The van der Waals surface area contributed by atoms with E-state index < -0.39 is 0 Å². The zero-order chi connectivity index (χ0) is 13.0. The normalized spacial score (nSPS) is 16.8. The van der Waals surface area contributed by atoms with Crippen LogP contribution in [-0.4, -0.2) is 37.1 Å². The summed E-state index contributed by atoms with van der Waals surface area (Å²) < 4.78 is 0. The number of urea groups is 1. The lowest BCUT2D eigenvalue weighted by Crippen LogP contribution is -2.35. The van der Waals surface area contributed by atoms with Crippen LogP contribution in [0.3, 0.4) is 0 Å². The first kappa shape index (κ1) is 12.9. The number of aryl methyl sites for hydroxylation is 1. The van der Waals surface area contributed by atoms with E-state index in [0.717, 1.165) is 26.2 Å². The maximum atomic E-state index is 11.4. The molecule has 0 aromatic heterocycles. The van der Waals surface area contributed by atoms with E-state index in [4.69, 9.17) is 0 Å². The van der Waals surface area contributed by atoms with Gasteiger partial charge in [-0.15, -0.1) is 0 Å². The van der Waals surface area contributed by atoms with Gasteiger partial charge in [-0.1, -0.05) is 24.3 Å². The van der Waals surface area contributed by atoms with Crippen molar-refractivity contribution >= 4 is 6.03 Å². The molecule has 4 nitrogen and oxygen atoms in total. The second kappa shape index (κ2) is 5.87. The van der Waals surface area contributed by atoms with Crippen molar-refractivity contribution in [2.75, 3.05) is 26.2 Å². The van der Waals surface area contributed by atoms with Crippen molar-refractivity contribution in [1.82, 2.24) is 15.5 Å². The first-order chi connectivity index (χ1) is 8.68. The fourth-order valence-corrected chi connectivity index (χ4v) is 2.32. The van der Waals surface area contributed by atoms with E-state index in [9.17, 15) is 4.79 Å². The molecule has 18 heavy (non-hydrogen) atoms. The fourth-order valence-electron chi connectivity index (χ4n) is 2.32. The number of nitrogens with one attached hydrogen (secondary N) is 2. The third-order valence-electron chi connectivity index (χ3n) is 3.43. The predicted octanol–water partition coefficient (Wildman–Crippen LogP) is 1.67. The summed E-state index contributed by atoms with van der Waals surface area (Å²) >= 11 is 0. The molecule has 1 saturated heterocycles. The molecular formula is C14H21N3O. The minimum atomic E-state index is 0.0559. The van der Waals surface area contributed by atoms with Crippen LogP contribution in [0.4, 0.5) is 4.79 Å². The maximum Gasteiger partial charge on any atom is 0.317 e. The van der Waals surface area contributed by atoms with Gasteiger partial charge in [0.2, 0.25) is 0 Å². The maximum absolute atomic E-state index is 11.4. The van der Waals surface area contributed by atoms with Crippen molar-refractivity contribution < 1.29 is 4.79 Å². The van der Waals surface area contributed by atoms with Crippen molar-refractivity contribution in [3.63, 3.8) is 0 Å². The molecule has 0 aliphatic carbocycles. The van der Waals surface area contributed by atoms with E-state index in [0.29, 0.717) is 6.04 Å². The molecular weight excluding hydrogens is 226 g/mol. The van der Waals surface area contributed by atoms with Gasteiger partial charge >= 0.3 is 6.03 Å². The quantitative estimate of drug-likeness (QED) is 0.831. The Kier molecular flexibility index (Phi) is 4.20. The second-order valence-corrected chi connectivity index (χ2v) is 4.75. The van der Waals surface area contributed by atoms with Gasteiger partial charge in [-0.05, 0) is 25.0 Å². The largest absolute Gasteiger partial charge is 0.336 e. The fraction of sp³-hybridized carbons (Fsp3) is 0.500. The Hall–Kier alpha value is -1.55. The predicted molar refractivity (Wildman–Crippen MR) is 72.6 cm³/mol. The van der Waals surface area contributed by atoms with E-state index in [1.165, 1.54) is 11.1 Å². The molecule has 2 amide bonds. The number of hydrogen-bond acceptors (Lipinski definition) is 2. The number of nitrogens with zero attached hydrogens (tertiary/aromatic N) is 1. The zero-order valence-corrected chi connectivity index (χ0v) is 11.1. The summed E-state index contributed by atoms with van der Waals surface area (Å²) in [6, 6.07) is 8.77. The smallest absolute Gasteiger partial charge is 0.317 e. The van der Waals surface area contributed by atoms with Crippen LogP contribution >= 0.6 is 0 Å². The van der Waals surface area contributed by atoms with Gasteiger partial charge < -0.3 is 15.5 Å². The average Bonchev–Trinajstić information content (AvgIpc) is 2.75. The van der Waals surface area contributed by atoms with Crippen LogP contribution in [0.1, 0.15) is 24.1 Å². The topological polar surface area (TPSA) is 44.4 Å². The Balaban J connectivity index is 1.80. The van der Waals surface area contributed by atoms with Gasteiger partial charge in [-0.2, -0.15) is 0 Å². The Labute approximate surface area is 108 Å². The standard InChI is InChI=1S/C14H21N3O/c1-11-5-3-4-6-13(11)12(2)15-7-9-17-10-8-16-14(17)18/h3-6,12,15H,7-10H2,1-2H3,(H,16,18)/t12-/m1/s1. The highest BCUT2D eigenvalue weighted by atomic mass is 16.2. The molecule has 1 fully saturated rings. The molecule has 1 aromatic carbocycles. The van der Waals surface area contributed by atoms with Crippen LogP contribution in [0.2, 0.25) is 0 Å². The van der Waals surface area contributed by atoms with E-state index in [1.807, 2.05) is 4.90 Å². The van der Waals surface area contributed by atoms with Crippen LogP contribution in [0, 0.1) is 6.92 Å². The summed E-state index contributed by atoms with van der Waals surface area (Å²) in [5.74, 6) is 0. The Bertz CT molecular complexity index is 419. The van der Waals surface area contributed by atoms with E-state index in [-0.39, 0.29) is 6.03 Å². The van der Waals surface area contributed by atoms with Crippen LogP contribution in [0.25, 0.3) is 0 Å². The molecule has 4 heteroatoms. The number of hydrogen-bond donors (Lipinski definition) is 2. The van der Waals surface area contributed by atoms with Crippen molar-refractivity contribution in [3.8, 4) is 0 Å². The van der Waals surface area contributed by atoms with Gasteiger partial charge in [0.25, 0.3) is 0 Å². The molecule has 1 aliphatic rings. The molecule has 2 rings (SSSR count). The van der Waals surface area contributed by atoms with Crippen LogP contribution in [0.15, 0.2) is 24.3 Å². The SMILES string of the molecule is Cc1ccccc1[C@@H](C)NCCN1CCNC1=O. The van der Waals surface area contributed by atoms with Crippen LogP contribution in [0.5, 0.6) is 0 Å². The van der Waals surface area contributed by atoms with Gasteiger partial charge in [0.1, 0.15) is 0 Å². The van der Waals surface area contributed by atoms with Gasteiger partial charge in [-0.3, -0.25) is 0 Å². The second-order valence-electron chi connectivity index (χ2n) is 4.75. The number of carbonyl (C=O) groups excluding carboxylic acids is 1. The van der Waals surface area contributed by atoms with E-state index in [1.54, 1.807) is 0 Å². The number of benzene rings is 1. The number of rotatable bonds is 5. The summed E-state index contributed by atoms with van der Waals surface area (Å²) in [4.78, 5) is 13.2. The van der Waals surface area contributed by atoms with Gasteiger partial charge in [0.05, 0.1) is 0 Å². The Morgan fingerprint density at radius 3 is 2.89 bits per heavy atom. The molecule has 0 radical (unpaired) electrons. The molecule has 0 saturated carbocycles. The van der Waals surface area contributed by atoms with Crippen LogP contribution < -0.4 is 10.6 Å². The minimum absolute atomic E-state index is 0.0559. The molecule has 1 aliphatic heterocycles. The number of amides is 2. The Morgan fingerprint density at radius 2 is 2.22 bits per heavy atom. The molecule has 0 spiro atoms. The highest BCUT2D eigenvalue weighted by molar-refractivity contribution is 5.76. The first-order valence-corrected chi connectivity index (χ1v) is 6.50. The lowest BCUT2D eigenvalue weighted by Gasteiger charge is -2.19. The van der Waals surface area contributed by atoms with Gasteiger partial charge in [-0.25, -0.2) is 4.79 Å². The zero-order valence-electron chi connectivity index (χ0n) is 11.1. The molecule has 1 aromatic rings. The number of carbonyl (C=O) groups is 1. The third-order valence-corrected chi connectivity index (χ3v) is 3.43. The lowest BCUT2D eigenvalue weighted by molar-refractivity contribution is 0.217. The summed E-state index contributed by atoms with van der Waals surface area (Å²) in [6.07, 6.45) is 0. The third kappa shape index (κ3) is 3.01. The lowest BCUT2D eigenvalue weighted by atomic mass is 10.0. The Morgan fingerprint density at radius 1 is 1.44 bits per heavy atom. The van der Waals surface area contributed by atoms with E-state index in [2.05, 4.69) is 48.7 Å². The highest BCUT2D eigenvalue weighted by Crippen LogP contribution is 2.16. The summed E-state index contributed by atoms with van der Waals surface area (Å²) in [7, 11) is 0. The van der Waals surface area contributed by atoms with Crippen molar-refractivity contribution in [1.29, 1.82) is 0 Å². The van der Waals surface area contributed by atoms with Crippen LogP contribution in [-0.2, 0) is 0 Å². The highest BCUT2D eigenvalue weighted by Gasteiger charge is 2.18. The molecule has 1 atom stereocenters. The minimum Gasteiger partial charge on any atom is -0.336 e. The summed E-state index contributed by atoms with van der Waals surface area (Å²) in [5, 5.41) is 6.27. The molecule has 2 N–H and O–H groups in total. The molecule has 0 unspecified atom stereocenters. The van der Waals surface area contributed by atoms with Crippen molar-refractivity contribution in [3.05, 3.63) is 35.4 Å². The average molecular weight is 247 g/mol. The van der Waals surface area contributed by atoms with Crippen molar-refractivity contribution in [2.24, 2.45) is 0 Å². The monoisotopic (exact) mass is 247 g/mol. The molecule has 98 valence electrons. The first-order valence-electron chi connectivity index (χ1n) is 6.50. The molecule has 0 bridgehead atoms. The summed E-state index contributed by atoms with van der Waals surface area (Å²) in [6.45, 7) is 7.46. The molecule has 1 heterocycles.